The summed E-state index contributed by atoms with van der Waals surface area (Å²) >= 11 is 11.9. The number of carbonyl (C=O) groups excluding carboxylic acids is 1. The number of hydrogen-bond donors (Lipinski definition) is 2. The zero-order valence-corrected chi connectivity index (χ0v) is 12.4. The maximum Gasteiger partial charge on any atom is 0.274 e. The van der Waals surface area contributed by atoms with Gasteiger partial charge < -0.3 is 10.6 Å². The smallest absolute Gasteiger partial charge is 0.274 e. The van der Waals surface area contributed by atoms with Gasteiger partial charge in [-0.05, 0) is 24.3 Å². The average molecular weight is 323 g/mol. The van der Waals surface area contributed by atoms with Gasteiger partial charge in [-0.3, -0.25) is 4.79 Å². The number of hydrogen-bond acceptors (Lipinski definition) is 4. The van der Waals surface area contributed by atoms with Gasteiger partial charge in [0.05, 0.1) is 10.7 Å². The number of rotatable bonds is 5. The molecule has 0 unspecified atom stereocenters. The highest BCUT2D eigenvalue weighted by Gasteiger charge is 2.11. The van der Waals surface area contributed by atoms with Gasteiger partial charge in [0.25, 0.3) is 5.91 Å². The molecule has 0 aliphatic heterocycles. The maximum atomic E-state index is 12.2. The highest BCUT2D eigenvalue weighted by atomic mass is 35.5. The van der Waals surface area contributed by atoms with Crippen LogP contribution in [0.2, 0.25) is 10.0 Å². The first-order valence-electron chi connectivity index (χ1n) is 6.04. The molecule has 2 rings (SSSR count). The first-order chi connectivity index (χ1) is 10.1. The van der Waals surface area contributed by atoms with Crippen molar-refractivity contribution in [2.24, 2.45) is 0 Å². The molecule has 0 spiro atoms. The fourth-order valence-electron chi connectivity index (χ4n) is 1.51. The lowest BCUT2D eigenvalue weighted by molar-refractivity contribution is 0.102. The summed E-state index contributed by atoms with van der Waals surface area (Å²) in [5.41, 5.74) is 0.640. The van der Waals surface area contributed by atoms with Gasteiger partial charge in [-0.2, -0.15) is 0 Å². The Bertz CT molecular complexity index is 676. The van der Waals surface area contributed by atoms with Crippen molar-refractivity contribution >= 4 is 40.7 Å². The summed E-state index contributed by atoms with van der Waals surface area (Å²) < 4.78 is 0. The predicted molar refractivity (Wildman–Crippen MR) is 85.1 cm³/mol. The largest absolute Gasteiger partial charge is 0.351 e. The molecule has 0 aliphatic carbocycles. The van der Waals surface area contributed by atoms with Crippen LogP contribution in [0.5, 0.6) is 0 Å². The summed E-state index contributed by atoms with van der Waals surface area (Å²) in [6.07, 6.45) is 3.16. The lowest BCUT2D eigenvalue weighted by Crippen LogP contribution is -2.15. The third kappa shape index (κ3) is 4.18. The van der Waals surface area contributed by atoms with Crippen molar-refractivity contribution in [3.8, 4) is 0 Å². The fourth-order valence-corrected chi connectivity index (χ4v) is 1.85. The molecule has 1 amide bonds. The second-order valence-electron chi connectivity index (χ2n) is 4.01. The maximum absolute atomic E-state index is 12.2. The Hall–Kier alpha value is -2.11. The van der Waals surface area contributed by atoms with E-state index in [2.05, 4.69) is 27.2 Å². The normalized spacial score (nSPS) is 10.0. The molecular formula is C14H12Cl2N4O. The van der Waals surface area contributed by atoms with E-state index < -0.39 is 5.91 Å². The number of benzene rings is 1. The van der Waals surface area contributed by atoms with Crippen molar-refractivity contribution in [1.82, 2.24) is 9.97 Å². The molecule has 21 heavy (non-hydrogen) atoms. The number of amides is 1. The quantitative estimate of drug-likeness (QED) is 0.825. The Morgan fingerprint density at radius 3 is 2.90 bits per heavy atom. The van der Waals surface area contributed by atoms with Crippen LogP contribution in [0.3, 0.4) is 0 Å². The second kappa shape index (κ2) is 7.06. The van der Waals surface area contributed by atoms with Gasteiger partial charge in [0.1, 0.15) is 5.69 Å². The van der Waals surface area contributed by atoms with E-state index in [-0.39, 0.29) is 5.69 Å². The van der Waals surface area contributed by atoms with Crippen LogP contribution in [0.4, 0.5) is 11.6 Å². The molecule has 1 aromatic carbocycles. The number of carbonyl (C=O) groups is 1. The zero-order valence-electron chi connectivity index (χ0n) is 10.9. The number of aromatic nitrogens is 2. The van der Waals surface area contributed by atoms with Gasteiger partial charge >= 0.3 is 0 Å². The summed E-state index contributed by atoms with van der Waals surface area (Å²) in [4.78, 5) is 20.3. The molecule has 0 bridgehead atoms. The Balaban J connectivity index is 2.16. The SMILES string of the molecule is C=CCNc1nccc(C(=O)Nc2cc(Cl)ccc2Cl)n1. The Morgan fingerprint density at radius 2 is 2.14 bits per heavy atom. The zero-order chi connectivity index (χ0) is 15.2. The molecular weight excluding hydrogens is 311 g/mol. The summed E-state index contributed by atoms with van der Waals surface area (Å²) in [6, 6.07) is 6.32. The van der Waals surface area contributed by atoms with Crippen LogP contribution in [0.25, 0.3) is 0 Å². The van der Waals surface area contributed by atoms with Gasteiger partial charge in [0.15, 0.2) is 0 Å². The van der Waals surface area contributed by atoms with E-state index in [0.29, 0.717) is 28.2 Å². The molecule has 0 radical (unpaired) electrons. The van der Waals surface area contributed by atoms with Crippen molar-refractivity contribution in [3.05, 3.63) is 58.9 Å². The Labute approximate surface area is 132 Å². The topological polar surface area (TPSA) is 66.9 Å². The Morgan fingerprint density at radius 1 is 1.33 bits per heavy atom. The number of nitrogens with one attached hydrogen (secondary N) is 2. The summed E-state index contributed by atoms with van der Waals surface area (Å²) in [5.74, 6) is -0.0528. The first kappa shape index (κ1) is 15.3. The molecule has 0 saturated carbocycles. The number of nitrogens with zero attached hydrogens (tertiary/aromatic N) is 2. The highest BCUT2D eigenvalue weighted by Crippen LogP contribution is 2.25. The minimum Gasteiger partial charge on any atom is -0.351 e. The molecule has 0 saturated heterocycles. The summed E-state index contributed by atoms with van der Waals surface area (Å²) in [5, 5.41) is 6.44. The molecule has 0 aliphatic rings. The minimum absolute atomic E-state index is 0.215. The lowest BCUT2D eigenvalue weighted by Gasteiger charge is -2.08. The monoisotopic (exact) mass is 322 g/mol. The van der Waals surface area contributed by atoms with Crippen LogP contribution in [-0.2, 0) is 0 Å². The van der Waals surface area contributed by atoms with E-state index in [1.165, 1.54) is 12.3 Å². The molecule has 2 N–H and O–H groups in total. The van der Waals surface area contributed by atoms with Crippen molar-refractivity contribution in [1.29, 1.82) is 0 Å². The summed E-state index contributed by atoms with van der Waals surface area (Å²) in [7, 11) is 0. The van der Waals surface area contributed by atoms with Gasteiger partial charge in [-0.1, -0.05) is 29.3 Å². The van der Waals surface area contributed by atoms with E-state index in [0.717, 1.165) is 0 Å². The molecule has 7 heteroatoms. The first-order valence-corrected chi connectivity index (χ1v) is 6.80. The molecule has 0 fully saturated rings. The van der Waals surface area contributed by atoms with Crippen molar-refractivity contribution in [2.75, 3.05) is 17.2 Å². The van der Waals surface area contributed by atoms with Gasteiger partial charge in [0, 0.05) is 17.8 Å². The van der Waals surface area contributed by atoms with Crippen molar-refractivity contribution in [3.63, 3.8) is 0 Å². The van der Waals surface area contributed by atoms with E-state index in [4.69, 9.17) is 23.2 Å². The van der Waals surface area contributed by atoms with Crippen molar-refractivity contribution in [2.45, 2.75) is 0 Å². The van der Waals surface area contributed by atoms with Crippen LogP contribution in [-0.4, -0.2) is 22.4 Å². The van der Waals surface area contributed by atoms with E-state index in [1.54, 1.807) is 24.3 Å². The third-order valence-corrected chi connectivity index (χ3v) is 3.03. The van der Waals surface area contributed by atoms with Crippen LogP contribution in [0.15, 0.2) is 43.1 Å². The van der Waals surface area contributed by atoms with Gasteiger partial charge in [-0.15, -0.1) is 6.58 Å². The van der Waals surface area contributed by atoms with E-state index >= 15 is 0 Å². The average Bonchev–Trinajstić information content (AvgIpc) is 2.49. The van der Waals surface area contributed by atoms with Gasteiger partial charge in [0.2, 0.25) is 5.95 Å². The van der Waals surface area contributed by atoms with Crippen LogP contribution >= 0.6 is 23.2 Å². The standard InChI is InChI=1S/C14H12Cl2N4O/c1-2-6-17-14-18-7-5-11(20-14)13(21)19-12-8-9(15)3-4-10(12)16/h2-5,7-8H,1,6H2,(H,19,21)(H,17,18,20). The van der Waals surface area contributed by atoms with Crippen molar-refractivity contribution < 1.29 is 4.79 Å². The molecule has 108 valence electrons. The molecule has 1 aromatic heterocycles. The molecule has 5 nitrogen and oxygen atoms in total. The molecule has 1 heterocycles. The minimum atomic E-state index is -0.400. The summed E-state index contributed by atoms with van der Waals surface area (Å²) in [6.45, 7) is 4.09. The fraction of sp³-hybridized carbons (Fsp3) is 0.0714. The van der Waals surface area contributed by atoms with Gasteiger partial charge in [-0.25, -0.2) is 9.97 Å². The van der Waals surface area contributed by atoms with E-state index in [1.807, 2.05) is 0 Å². The third-order valence-electron chi connectivity index (χ3n) is 2.47. The molecule has 0 atom stereocenters. The highest BCUT2D eigenvalue weighted by molar-refractivity contribution is 6.35. The Kier molecular flexibility index (Phi) is 5.14. The van der Waals surface area contributed by atoms with E-state index in [9.17, 15) is 4.79 Å². The van der Waals surface area contributed by atoms with Crippen LogP contribution in [0, 0.1) is 0 Å². The predicted octanol–water partition coefficient (Wildman–Crippen LogP) is 3.63. The second-order valence-corrected chi connectivity index (χ2v) is 4.86. The number of halogens is 2. The van der Waals surface area contributed by atoms with Crippen LogP contribution < -0.4 is 10.6 Å². The van der Waals surface area contributed by atoms with Crippen LogP contribution in [0.1, 0.15) is 10.5 Å². The number of anilines is 2. The molecule has 2 aromatic rings. The lowest BCUT2D eigenvalue weighted by atomic mass is 10.3.